The lowest BCUT2D eigenvalue weighted by Gasteiger charge is -2.21. The fourth-order valence-electron chi connectivity index (χ4n) is 2.03. The van der Waals surface area contributed by atoms with Crippen LogP contribution >= 0.6 is 0 Å². The Morgan fingerprint density at radius 1 is 0.938 bits per heavy atom. The lowest BCUT2D eigenvalue weighted by molar-refractivity contribution is -0.0380. The van der Waals surface area contributed by atoms with Crippen LogP contribution in [0.2, 0.25) is 0 Å². The first-order valence-corrected chi connectivity index (χ1v) is 7.05. The third-order valence-corrected chi connectivity index (χ3v) is 3.07. The molecule has 0 spiro atoms. The molecule has 0 aromatic carbocycles. The molecule has 98 valence electrons. The molecule has 0 amide bonds. The Bertz CT molecular complexity index is 137. The van der Waals surface area contributed by atoms with E-state index in [1.807, 2.05) is 6.92 Å². The quantitative estimate of drug-likeness (QED) is 0.545. The van der Waals surface area contributed by atoms with E-state index < -0.39 is 0 Å². The van der Waals surface area contributed by atoms with Gasteiger partial charge in [-0.05, 0) is 19.8 Å². The van der Waals surface area contributed by atoms with Crippen molar-refractivity contribution in [2.24, 2.45) is 0 Å². The van der Waals surface area contributed by atoms with Crippen LogP contribution in [0.15, 0.2) is 0 Å². The van der Waals surface area contributed by atoms with Crippen molar-refractivity contribution < 1.29 is 9.84 Å². The smallest absolute Gasteiger partial charge is 0.0831 e. The zero-order valence-electron chi connectivity index (χ0n) is 11.4. The zero-order chi connectivity index (χ0) is 12.2. The van der Waals surface area contributed by atoms with Gasteiger partial charge in [-0.15, -0.1) is 0 Å². The summed E-state index contributed by atoms with van der Waals surface area (Å²) in [6.07, 6.45) is 9.26. The Morgan fingerprint density at radius 3 is 2.12 bits per heavy atom. The molecule has 2 atom stereocenters. The van der Waals surface area contributed by atoms with E-state index in [-0.39, 0.29) is 12.2 Å². The van der Waals surface area contributed by atoms with Crippen molar-refractivity contribution in [2.75, 3.05) is 6.61 Å². The number of unbranched alkanes of at least 4 members (excludes halogenated alkanes) is 5. The molecule has 0 aliphatic carbocycles. The van der Waals surface area contributed by atoms with Gasteiger partial charge in [0, 0.05) is 6.61 Å². The second-order valence-corrected chi connectivity index (χ2v) is 4.53. The number of aliphatic hydroxyl groups excluding tert-OH is 1. The summed E-state index contributed by atoms with van der Waals surface area (Å²) in [6, 6.07) is 0. The number of ether oxygens (including phenoxy) is 1. The third kappa shape index (κ3) is 8.12. The normalized spacial score (nSPS) is 15.0. The van der Waals surface area contributed by atoms with Crippen molar-refractivity contribution in [1.29, 1.82) is 0 Å². The first kappa shape index (κ1) is 15.9. The van der Waals surface area contributed by atoms with Gasteiger partial charge < -0.3 is 9.84 Å². The molecule has 0 aliphatic rings. The molecule has 0 saturated heterocycles. The minimum Gasteiger partial charge on any atom is -0.390 e. The number of aliphatic hydroxyl groups is 1. The van der Waals surface area contributed by atoms with Crippen LogP contribution in [-0.4, -0.2) is 23.9 Å². The molecule has 0 radical (unpaired) electrons. The number of hydrogen-bond donors (Lipinski definition) is 1. The van der Waals surface area contributed by atoms with Crippen molar-refractivity contribution in [3.05, 3.63) is 0 Å². The van der Waals surface area contributed by atoms with Crippen molar-refractivity contribution in [2.45, 2.75) is 84.3 Å². The molecule has 0 fully saturated rings. The van der Waals surface area contributed by atoms with Gasteiger partial charge in [0.2, 0.25) is 0 Å². The first-order chi connectivity index (χ1) is 7.76. The molecule has 0 rings (SSSR count). The number of rotatable bonds is 11. The predicted octanol–water partition coefficient (Wildman–Crippen LogP) is 3.91. The van der Waals surface area contributed by atoms with Crippen molar-refractivity contribution in [3.63, 3.8) is 0 Å². The van der Waals surface area contributed by atoms with E-state index in [0.717, 1.165) is 19.3 Å². The van der Waals surface area contributed by atoms with Crippen molar-refractivity contribution in [1.82, 2.24) is 0 Å². The highest BCUT2D eigenvalue weighted by Crippen LogP contribution is 2.13. The number of hydrogen-bond acceptors (Lipinski definition) is 2. The summed E-state index contributed by atoms with van der Waals surface area (Å²) in [5.41, 5.74) is 0. The molecular formula is C14H30O2. The fourth-order valence-corrected chi connectivity index (χ4v) is 2.03. The maximum absolute atomic E-state index is 9.92. The highest BCUT2D eigenvalue weighted by Gasteiger charge is 2.16. The molecule has 2 heteroatoms. The molecule has 0 aliphatic heterocycles. The summed E-state index contributed by atoms with van der Waals surface area (Å²) in [5, 5.41) is 9.92. The summed E-state index contributed by atoms with van der Waals surface area (Å²) in [5.74, 6) is 0. The Labute approximate surface area is 101 Å². The van der Waals surface area contributed by atoms with E-state index in [1.165, 1.54) is 32.1 Å². The largest absolute Gasteiger partial charge is 0.390 e. The van der Waals surface area contributed by atoms with Crippen LogP contribution in [0.1, 0.15) is 72.1 Å². The average Bonchev–Trinajstić information content (AvgIpc) is 2.30. The van der Waals surface area contributed by atoms with E-state index >= 15 is 0 Å². The van der Waals surface area contributed by atoms with Gasteiger partial charge in [0.25, 0.3) is 0 Å². The molecule has 0 heterocycles. The molecule has 2 unspecified atom stereocenters. The minimum absolute atomic E-state index is 0.0423. The topological polar surface area (TPSA) is 29.5 Å². The van der Waals surface area contributed by atoms with Crippen LogP contribution in [0, 0.1) is 0 Å². The fraction of sp³-hybridized carbons (Fsp3) is 1.00. The summed E-state index contributed by atoms with van der Waals surface area (Å²) in [6.45, 7) is 6.99. The van der Waals surface area contributed by atoms with Crippen LogP contribution in [0.5, 0.6) is 0 Å². The third-order valence-electron chi connectivity index (χ3n) is 3.07. The van der Waals surface area contributed by atoms with E-state index in [0.29, 0.717) is 6.61 Å². The van der Waals surface area contributed by atoms with Crippen LogP contribution in [0.25, 0.3) is 0 Å². The predicted molar refractivity (Wildman–Crippen MR) is 69.7 cm³/mol. The first-order valence-electron chi connectivity index (χ1n) is 7.05. The lowest BCUT2D eigenvalue weighted by Crippen LogP contribution is -2.28. The van der Waals surface area contributed by atoms with Gasteiger partial charge >= 0.3 is 0 Å². The van der Waals surface area contributed by atoms with E-state index in [2.05, 4.69) is 13.8 Å². The highest BCUT2D eigenvalue weighted by molar-refractivity contribution is 4.67. The SMILES string of the molecule is CCCCCCCCC(O)C(CC)OCC. The van der Waals surface area contributed by atoms with Crippen molar-refractivity contribution >= 4 is 0 Å². The Morgan fingerprint density at radius 2 is 1.56 bits per heavy atom. The van der Waals surface area contributed by atoms with Gasteiger partial charge in [0.05, 0.1) is 12.2 Å². The second kappa shape index (κ2) is 11.4. The van der Waals surface area contributed by atoms with Crippen LogP contribution in [0.3, 0.4) is 0 Å². The average molecular weight is 230 g/mol. The molecular weight excluding hydrogens is 200 g/mol. The highest BCUT2D eigenvalue weighted by atomic mass is 16.5. The maximum Gasteiger partial charge on any atom is 0.0831 e. The van der Waals surface area contributed by atoms with Gasteiger partial charge in [-0.3, -0.25) is 0 Å². The summed E-state index contributed by atoms with van der Waals surface area (Å²) < 4.78 is 5.50. The lowest BCUT2D eigenvalue weighted by atomic mass is 10.0. The van der Waals surface area contributed by atoms with Gasteiger partial charge in [-0.2, -0.15) is 0 Å². The van der Waals surface area contributed by atoms with E-state index in [1.54, 1.807) is 0 Å². The van der Waals surface area contributed by atoms with Gasteiger partial charge in [0.15, 0.2) is 0 Å². The standard InChI is InChI=1S/C14H30O2/c1-4-7-8-9-10-11-12-13(15)14(5-2)16-6-3/h13-15H,4-12H2,1-3H3. The van der Waals surface area contributed by atoms with Gasteiger partial charge in [-0.25, -0.2) is 0 Å². The van der Waals surface area contributed by atoms with E-state index in [4.69, 9.17) is 4.74 Å². The molecule has 0 bridgehead atoms. The van der Waals surface area contributed by atoms with Gasteiger partial charge in [-0.1, -0.05) is 52.4 Å². The summed E-state index contributed by atoms with van der Waals surface area (Å²) >= 11 is 0. The molecule has 16 heavy (non-hydrogen) atoms. The molecule has 0 saturated carbocycles. The summed E-state index contributed by atoms with van der Waals surface area (Å²) in [7, 11) is 0. The Kier molecular flexibility index (Phi) is 11.3. The zero-order valence-corrected chi connectivity index (χ0v) is 11.4. The Hall–Kier alpha value is -0.0800. The Balaban J connectivity index is 3.43. The van der Waals surface area contributed by atoms with Crippen molar-refractivity contribution in [3.8, 4) is 0 Å². The maximum atomic E-state index is 9.92. The summed E-state index contributed by atoms with van der Waals surface area (Å²) in [4.78, 5) is 0. The van der Waals surface area contributed by atoms with Crippen LogP contribution in [0.4, 0.5) is 0 Å². The van der Waals surface area contributed by atoms with Crippen LogP contribution < -0.4 is 0 Å². The minimum atomic E-state index is -0.267. The second-order valence-electron chi connectivity index (χ2n) is 4.53. The molecule has 1 N–H and O–H groups in total. The molecule has 0 aromatic rings. The monoisotopic (exact) mass is 230 g/mol. The van der Waals surface area contributed by atoms with Gasteiger partial charge in [0.1, 0.15) is 0 Å². The molecule has 2 nitrogen and oxygen atoms in total. The van der Waals surface area contributed by atoms with E-state index in [9.17, 15) is 5.11 Å². The molecule has 0 aromatic heterocycles. The van der Waals surface area contributed by atoms with Crippen LogP contribution in [-0.2, 0) is 4.74 Å².